The van der Waals surface area contributed by atoms with Crippen molar-refractivity contribution in [1.29, 1.82) is 0 Å². The first-order valence-electron chi connectivity index (χ1n) is 6.67. The minimum absolute atomic E-state index is 0.0644. The second kappa shape index (κ2) is 6.42. The first-order valence-corrected chi connectivity index (χ1v) is 7.46. The second-order valence-electron chi connectivity index (χ2n) is 5.07. The zero-order valence-electron chi connectivity index (χ0n) is 12.1. The van der Waals surface area contributed by atoms with Crippen LogP contribution in [0, 0.1) is 13.8 Å². The van der Waals surface area contributed by atoms with Crippen LogP contribution in [0.2, 0.25) is 0 Å². The van der Waals surface area contributed by atoms with E-state index in [9.17, 15) is 0 Å². The molecular weight excluding hydrogens is 314 g/mol. The Morgan fingerprint density at radius 3 is 2.35 bits per heavy atom. The number of methoxy groups -OCH3 is 1. The maximum Gasteiger partial charge on any atom is 0.126 e. The van der Waals surface area contributed by atoms with E-state index in [1.807, 2.05) is 12.1 Å². The van der Waals surface area contributed by atoms with Crippen molar-refractivity contribution in [1.82, 2.24) is 0 Å². The fourth-order valence-corrected chi connectivity index (χ4v) is 2.62. The highest BCUT2D eigenvalue weighted by Crippen LogP contribution is 2.31. The van der Waals surface area contributed by atoms with Crippen molar-refractivity contribution in [2.24, 2.45) is 5.73 Å². The molecule has 20 heavy (non-hydrogen) atoms. The van der Waals surface area contributed by atoms with Crippen molar-refractivity contribution in [3.05, 3.63) is 63.1 Å². The molecule has 106 valence electrons. The van der Waals surface area contributed by atoms with E-state index < -0.39 is 0 Å². The standard InChI is InChI=1S/C17H20BrNO/c1-11-4-9-15(17(20-3)12(11)2)16(19)10-13-5-7-14(18)8-6-13/h4-9,16H,10,19H2,1-3H3. The molecule has 0 radical (unpaired) electrons. The summed E-state index contributed by atoms with van der Waals surface area (Å²) in [4.78, 5) is 0. The molecule has 0 bridgehead atoms. The highest BCUT2D eigenvalue weighted by atomic mass is 79.9. The van der Waals surface area contributed by atoms with Gasteiger partial charge in [0.1, 0.15) is 5.75 Å². The van der Waals surface area contributed by atoms with Gasteiger partial charge in [0.15, 0.2) is 0 Å². The Morgan fingerprint density at radius 1 is 1.10 bits per heavy atom. The van der Waals surface area contributed by atoms with Crippen molar-refractivity contribution >= 4 is 15.9 Å². The Hall–Kier alpha value is -1.32. The van der Waals surface area contributed by atoms with Crippen LogP contribution in [0.5, 0.6) is 5.75 Å². The van der Waals surface area contributed by atoms with E-state index >= 15 is 0 Å². The molecule has 0 saturated heterocycles. The van der Waals surface area contributed by atoms with E-state index in [1.165, 1.54) is 11.1 Å². The predicted molar refractivity (Wildman–Crippen MR) is 87.2 cm³/mol. The zero-order valence-corrected chi connectivity index (χ0v) is 13.7. The maximum atomic E-state index is 6.37. The second-order valence-corrected chi connectivity index (χ2v) is 5.98. The molecule has 1 unspecified atom stereocenters. The summed E-state index contributed by atoms with van der Waals surface area (Å²) in [6.07, 6.45) is 0.798. The predicted octanol–water partition coefficient (Wildman–Crippen LogP) is 4.32. The van der Waals surface area contributed by atoms with E-state index in [-0.39, 0.29) is 6.04 Å². The largest absolute Gasteiger partial charge is 0.496 e. The first kappa shape index (κ1) is 15.1. The summed E-state index contributed by atoms with van der Waals surface area (Å²) in [7, 11) is 1.71. The summed E-state index contributed by atoms with van der Waals surface area (Å²) in [5.41, 5.74) is 11.0. The van der Waals surface area contributed by atoms with Gasteiger partial charge in [0.2, 0.25) is 0 Å². The van der Waals surface area contributed by atoms with E-state index in [2.05, 4.69) is 54.0 Å². The van der Waals surface area contributed by atoms with Crippen molar-refractivity contribution in [2.75, 3.05) is 7.11 Å². The quantitative estimate of drug-likeness (QED) is 0.904. The van der Waals surface area contributed by atoms with Gasteiger partial charge in [0, 0.05) is 16.1 Å². The fraction of sp³-hybridized carbons (Fsp3) is 0.294. The molecule has 2 aromatic rings. The first-order chi connectivity index (χ1) is 9.52. The van der Waals surface area contributed by atoms with Crippen LogP contribution >= 0.6 is 15.9 Å². The topological polar surface area (TPSA) is 35.2 Å². The summed E-state index contributed by atoms with van der Waals surface area (Å²) in [6.45, 7) is 4.16. The van der Waals surface area contributed by atoms with Crippen molar-refractivity contribution in [2.45, 2.75) is 26.3 Å². The van der Waals surface area contributed by atoms with Crippen LogP contribution in [0.25, 0.3) is 0 Å². The van der Waals surface area contributed by atoms with Gasteiger partial charge < -0.3 is 10.5 Å². The zero-order chi connectivity index (χ0) is 14.7. The van der Waals surface area contributed by atoms with Gasteiger partial charge in [-0.3, -0.25) is 0 Å². The summed E-state index contributed by atoms with van der Waals surface area (Å²) in [5, 5.41) is 0. The molecule has 0 aliphatic heterocycles. The van der Waals surface area contributed by atoms with E-state index in [4.69, 9.17) is 10.5 Å². The highest BCUT2D eigenvalue weighted by Gasteiger charge is 2.15. The Labute approximate surface area is 129 Å². The molecule has 2 aromatic carbocycles. The number of rotatable bonds is 4. The van der Waals surface area contributed by atoms with Gasteiger partial charge in [-0.1, -0.05) is 40.2 Å². The smallest absolute Gasteiger partial charge is 0.126 e. The third-order valence-electron chi connectivity index (χ3n) is 3.68. The fourth-order valence-electron chi connectivity index (χ4n) is 2.36. The molecule has 2 rings (SSSR count). The normalized spacial score (nSPS) is 12.2. The Kier molecular flexibility index (Phi) is 4.84. The van der Waals surface area contributed by atoms with Crippen LogP contribution in [0.3, 0.4) is 0 Å². The number of hydrogen-bond donors (Lipinski definition) is 1. The van der Waals surface area contributed by atoms with Gasteiger partial charge in [0.05, 0.1) is 7.11 Å². The van der Waals surface area contributed by atoms with Gasteiger partial charge in [-0.05, 0) is 49.1 Å². The molecule has 0 aromatic heterocycles. The molecule has 3 heteroatoms. The molecule has 0 amide bonds. The monoisotopic (exact) mass is 333 g/mol. The minimum Gasteiger partial charge on any atom is -0.496 e. The summed E-state index contributed by atoms with van der Waals surface area (Å²) in [6, 6.07) is 12.4. The van der Waals surface area contributed by atoms with E-state index in [0.717, 1.165) is 27.8 Å². The molecule has 2 N–H and O–H groups in total. The van der Waals surface area contributed by atoms with Crippen LogP contribution < -0.4 is 10.5 Å². The van der Waals surface area contributed by atoms with Crippen molar-refractivity contribution < 1.29 is 4.74 Å². The third-order valence-corrected chi connectivity index (χ3v) is 4.21. The number of ether oxygens (including phenoxy) is 1. The Bertz CT molecular complexity index is 593. The summed E-state index contributed by atoms with van der Waals surface area (Å²) < 4.78 is 6.63. The molecule has 0 aliphatic rings. The van der Waals surface area contributed by atoms with Gasteiger partial charge in [0.25, 0.3) is 0 Å². The highest BCUT2D eigenvalue weighted by molar-refractivity contribution is 9.10. The number of hydrogen-bond acceptors (Lipinski definition) is 2. The lowest BCUT2D eigenvalue weighted by molar-refractivity contribution is 0.402. The van der Waals surface area contributed by atoms with E-state index in [1.54, 1.807) is 7.11 Å². The van der Waals surface area contributed by atoms with Crippen LogP contribution in [0.15, 0.2) is 40.9 Å². The molecule has 1 atom stereocenters. The van der Waals surface area contributed by atoms with Gasteiger partial charge in [-0.2, -0.15) is 0 Å². The molecule has 0 fully saturated rings. The number of halogens is 1. The average Bonchev–Trinajstić information content (AvgIpc) is 2.44. The number of nitrogens with two attached hydrogens (primary N) is 1. The lowest BCUT2D eigenvalue weighted by atomic mass is 9.95. The lowest BCUT2D eigenvalue weighted by Crippen LogP contribution is -2.15. The number of benzene rings is 2. The van der Waals surface area contributed by atoms with Gasteiger partial charge in [-0.15, -0.1) is 0 Å². The van der Waals surface area contributed by atoms with Crippen LogP contribution in [0.4, 0.5) is 0 Å². The molecule has 0 aliphatic carbocycles. The average molecular weight is 334 g/mol. The van der Waals surface area contributed by atoms with Gasteiger partial charge in [-0.25, -0.2) is 0 Å². The van der Waals surface area contributed by atoms with Crippen LogP contribution in [-0.2, 0) is 6.42 Å². The molecule has 2 nitrogen and oxygen atoms in total. The Balaban J connectivity index is 2.27. The SMILES string of the molecule is COc1c(C(N)Cc2ccc(Br)cc2)ccc(C)c1C. The van der Waals surface area contributed by atoms with E-state index in [0.29, 0.717) is 0 Å². The molecular formula is C17H20BrNO. The van der Waals surface area contributed by atoms with Crippen LogP contribution in [0.1, 0.15) is 28.3 Å². The molecule has 0 heterocycles. The molecule has 0 saturated carbocycles. The van der Waals surface area contributed by atoms with Crippen LogP contribution in [-0.4, -0.2) is 7.11 Å². The maximum absolute atomic E-state index is 6.37. The van der Waals surface area contributed by atoms with Crippen molar-refractivity contribution in [3.8, 4) is 5.75 Å². The Morgan fingerprint density at radius 2 is 1.75 bits per heavy atom. The summed E-state index contributed by atoms with van der Waals surface area (Å²) >= 11 is 3.45. The number of aryl methyl sites for hydroxylation is 1. The van der Waals surface area contributed by atoms with Crippen molar-refractivity contribution in [3.63, 3.8) is 0 Å². The minimum atomic E-state index is -0.0644. The third kappa shape index (κ3) is 3.22. The van der Waals surface area contributed by atoms with Gasteiger partial charge >= 0.3 is 0 Å². The lowest BCUT2D eigenvalue weighted by Gasteiger charge is -2.19. The molecule has 0 spiro atoms. The summed E-state index contributed by atoms with van der Waals surface area (Å²) in [5.74, 6) is 0.912.